The molecule has 0 saturated carbocycles. The summed E-state index contributed by atoms with van der Waals surface area (Å²) < 4.78 is 0. The number of anilines is 1. The van der Waals surface area contributed by atoms with Gasteiger partial charge in [0.1, 0.15) is 0 Å². The SMILES string of the molecule is CC(Cl)CCCNc1ccncc1Cl. The van der Waals surface area contributed by atoms with E-state index in [2.05, 4.69) is 10.3 Å². The Kier molecular flexibility index (Phi) is 5.05. The third kappa shape index (κ3) is 4.16. The Balaban J connectivity index is 2.28. The molecular formula is C10H14Cl2N2. The number of alkyl halides is 1. The van der Waals surface area contributed by atoms with Crippen LogP contribution in [0, 0.1) is 0 Å². The van der Waals surface area contributed by atoms with E-state index in [9.17, 15) is 0 Å². The van der Waals surface area contributed by atoms with Crippen molar-refractivity contribution in [2.45, 2.75) is 25.1 Å². The van der Waals surface area contributed by atoms with E-state index in [-0.39, 0.29) is 5.38 Å². The van der Waals surface area contributed by atoms with Crippen molar-refractivity contribution in [3.8, 4) is 0 Å². The fraction of sp³-hybridized carbons (Fsp3) is 0.500. The van der Waals surface area contributed by atoms with E-state index < -0.39 is 0 Å². The Hall–Kier alpha value is -0.470. The van der Waals surface area contributed by atoms with Crippen molar-refractivity contribution in [1.29, 1.82) is 0 Å². The quantitative estimate of drug-likeness (QED) is 0.621. The molecule has 1 aromatic heterocycles. The molecule has 0 radical (unpaired) electrons. The Morgan fingerprint density at radius 3 is 3.00 bits per heavy atom. The number of nitrogens with zero attached hydrogens (tertiary/aromatic N) is 1. The van der Waals surface area contributed by atoms with Gasteiger partial charge in [0.25, 0.3) is 0 Å². The highest BCUT2D eigenvalue weighted by molar-refractivity contribution is 6.33. The molecule has 0 fully saturated rings. The topological polar surface area (TPSA) is 24.9 Å². The molecule has 1 heterocycles. The van der Waals surface area contributed by atoms with E-state index in [1.807, 2.05) is 13.0 Å². The monoisotopic (exact) mass is 232 g/mol. The third-order valence-corrected chi connectivity index (χ3v) is 2.39. The summed E-state index contributed by atoms with van der Waals surface area (Å²) in [4.78, 5) is 3.91. The van der Waals surface area contributed by atoms with Crippen molar-refractivity contribution in [3.05, 3.63) is 23.5 Å². The number of rotatable bonds is 5. The maximum Gasteiger partial charge on any atom is 0.0820 e. The zero-order chi connectivity index (χ0) is 10.4. The van der Waals surface area contributed by atoms with E-state index >= 15 is 0 Å². The molecule has 14 heavy (non-hydrogen) atoms. The van der Waals surface area contributed by atoms with Gasteiger partial charge >= 0.3 is 0 Å². The van der Waals surface area contributed by atoms with Gasteiger partial charge in [0.05, 0.1) is 10.7 Å². The Labute approximate surface area is 94.6 Å². The molecule has 78 valence electrons. The van der Waals surface area contributed by atoms with Gasteiger partial charge in [-0.3, -0.25) is 4.98 Å². The van der Waals surface area contributed by atoms with E-state index in [0.29, 0.717) is 5.02 Å². The minimum absolute atomic E-state index is 0.240. The van der Waals surface area contributed by atoms with Gasteiger partial charge in [0.15, 0.2) is 0 Å². The third-order valence-electron chi connectivity index (χ3n) is 1.87. The van der Waals surface area contributed by atoms with Crippen LogP contribution < -0.4 is 5.32 Å². The number of aromatic nitrogens is 1. The first-order valence-corrected chi connectivity index (χ1v) is 5.49. The lowest BCUT2D eigenvalue weighted by Gasteiger charge is -2.07. The highest BCUT2D eigenvalue weighted by Gasteiger charge is 1.99. The molecule has 0 aliphatic heterocycles. The summed E-state index contributed by atoms with van der Waals surface area (Å²) in [6, 6.07) is 1.87. The molecule has 1 aromatic rings. The summed E-state index contributed by atoms with van der Waals surface area (Å²) in [5, 5.41) is 4.14. The van der Waals surface area contributed by atoms with Crippen molar-refractivity contribution < 1.29 is 0 Å². The zero-order valence-electron chi connectivity index (χ0n) is 8.13. The summed E-state index contributed by atoms with van der Waals surface area (Å²) >= 11 is 11.7. The van der Waals surface area contributed by atoms with Gasteiger partial charge in [-0.25, -0.2) is 0 Å². The first-order valence-electron chi connectivity index (χ1n) is 4.67. The van der Waals surface area contributed by atoms with Crippen LogP contribution in [0.3, 0.4) is 0 Å². The fourth-order valence-electron chi connectivity index (χ4n) is 1.12. The molecule has 0 spiro atoms. The minimum Gasteiger partial charge on any atom is -0.384 e. The average molecular weight is 233 g/mol. The van der Waals surface area contributed by atoms with Gasteiger partial charge in [-0.15, -0.1) is 11.6 Å². The summed E-state index contributed by atoms with van der Waals surface area (Å²) in [5.74, 6) is 0. The molecule has 0 saturated heterocycles. The molecule has 0 amide bonds. The maximum atomic E-state index is 5.91. The van der Waals surface area contributed by atoms with Crippen molar-refractivity contribution in [1.82, 2.24) is 4.98 Å². The zero-order valence-corrected chi connectivity index (χ0v) is 9.65. The number of nitrogens with one attached hydrogen (secondary N) is 1. The normalized spacial score (nSPS) is 12.5. The highest BCUT2D eigenvalue weighted by atomic mass is 35.5. The Bertz CT molecular complexity index is 277. The number of hydrogen-bond donors (Lipinski definition) is 1. The molecule has 0 bridgehead atoms. The van der Waals surface area contributed by atoms with Gasteiger partial charge < -0.3 is 5.32 Å². The maximum absolute atomic E-state index is 5.91. The van der Waals surface area contributed by atoms with Crippen molar-refractivity contribution in [3.63, 3.8) is 0 Å². The second-order valence-electron chi connectivity index (χ2n) is 3.21. The van der Waals surface area contributed by atoms with Crippen LogP contribution >= 0.6 is 23.2 Å². The van der Waals surface area contributed by atoms with Gasteiger partial charge in [-0.05, 0) is 25.8 Å². The second kappa shape index (κ2) is 6.10. The molecule has 1 atom stereocenters. The largest absolute Gasteiger partial charge is 0.384 e. The summed E-state index contributed by atoms with van der Waals surface area (Å²) in [7, 11) is 0. The van der Waals surface area contributed by atoms with Gasteiger partial charge in [-0.1, -0.05) is 11.6 Å². The minimum atomic E-state index is 0.240. The van der Waals surface area contributed by atoms with Crippen LogP contribution in [-0.4, -0.2) is 16.9 Å². The lowest BCUT2D eigenvalue weighted by molar-refractivity contribution is 0.750. The van der Waals surface area contributed by atoms with Crippen LogP contribution in [0.15, 0.2) is 18.5 Å². The number of pyridine rings is 1. The summed E-state index contributed by atoms with van der Waals surface area (Å²) in [6.07, 6.45) is 5.41. The Morgan fingerprint density at radius 1 is 1.57 bits per heavy atom. The van der Waals surface area contributed by atoms with E-state index in [1.165, 1.54) is 0 Å². The standard InChI is InChI=1S/C10H14Cl2N2/c1-8(11)3-2-5-14-10-4-6-13-7-9(10)12/h4,6-8H,2-3,5H2,1H3,(H,13,14). The van der Waals surface area contributed by atoms with Gasteiger partial charge in [0.2, 0.25) is 0 Å². The lowest BCUT2D eigenvalue weighted by atomic mass is 10.2. The first-order chi connectivity index (χ1) is 6.70. The number of halogens is 2. The molecule has 2 nitrogen and oxygen atoms in total. The summed E-state index contributed by atoms with van der Waals surface area (Å²) in [6.45, 7) is 2.89. The predicted molar refractivity (Wildman–Crippen MR) is 62.3 cm³/mol. The summed E-state index contributed by atoms with van der Waals surface area (Å²) in [5.41, 5.74) is 0.934. The molecular weight excluding hydrogens is 219 g/mol. The van der Waals surface area contributed by atoms with Crippen LogP contribution in [0.5, 0.6) is 0 Å². The smallest absolute Gasteiger partial charge is 0.0820 e. The van der Waals surface area contributed by atoms with E-state index in [0.717, 1.165) is 25.1 Å². The lowest BCUT2D eigenvalue weighted by Crippen LogP contribution is -2.04. The van der Waals surface area contributed by atoms with Crippen LogP contribution in [0.2, 0.25) is 5.02 Å². The van der Waals surface area contributed by atoms with Gasteiger partial charge in [-0.2, -0.15) is 0 Å². The predicted octanol–water partition coefficient (Wildman–Crippen LogP) is 3.55. The molecule has 1 unspecified atom stereocenters. The van der Waals surface area contributed by atoms with Crippen LogP contribution in [0.1, 0.15) is 19.8 Å². The van der Waals surface area contributed by atoms with Crippen molar-refractivity contribution in [2.24, 2.45) is 0 Å². The van der Waals surface area contributed by atoms with Crippen LogP contribution in [-0.2, 0) is 0 Å². The van der Waals surface area contributed by atoms with E-state index in [1.54, 1.807) is 12.4 Å². The highest BCUT2D eigenvalue weighted by Crippen LogP contribution is 2.19. The molecule has 1 rings (SSSR count). The van der Waals surface area contributed by atoms with Crippen molar-refractivity contribution >= 4 is 28.9 Å². The van der Waals surface area contributed by atoms with Crippen molar-refractivity contribution in [2.75, 3.05) is 11.9 Å². The first kappa shape index (κ1) is 11.6. The van der Waals surface area contributed by atoms with E-state index in [4.69, 9.17) is 23.2 Å². The molecule has 0 aromatic carbocycles. The molecule has 1 N–H and O–H groups in total. The number of hydrogen-bond acceptors (Lipinski definition) is 2. The molecule has 0 aliphatic rings. The van der Waals surface area contributed by atoms with Crippen LogP contribution in [0.25, 0.3) is 0 Å². The Morgan fingerprint density at radius 2 is 2.36 bits per heavy atom. The molecule has 4 heteroatoms. The second-order valence-corrected chi connectivity index (χ2v) is 4.36. The molecule has 0 aliphatic carbocycles. The van der Waals surface area contributed by atoms with Gasteiger partial charge in [0, 0.05) is 24.3 Å². The average Bonchev–Trinajstić information content (AvgIpc) is 2.15. The fourth-order valence-corrected chi connectivity index (χ4v) is 1.47. The van der Waals surface area contributed by atoms with Crippen LogP contribution in [0.4, 0.5) is 5.69 Å².